The van der Waals surface area contributed by atoms with Gasteiger partial charge in [-0.2, -0.15) is 0 Å². The molecule has 0 saturated heterocycles. The fourth-order valence-corrected chi connectivity index (χ4v) is 3.05. The highest BCUT2D eigenvalue weighted by Crippen LogP contribution is 2.09. The molecule has 0 unspecified atom stereocenters. The Balaban J connectivity index is 3.43. The summed E-state index contributed by atoms with van der Waals surface area (Å²) in [4.78, 5) is 23.1. The third-order valence-electron chi connectivity index (χ3n) is 4.84. The summed E-state index contributed by atoms with van der Waals surface area (Å²) in [5.74, 6) is -0.932. The largest absolute Gasteiger partial charge is 0.463 e. The minimum atomic E-state index is -0.466. The van der Waals surface area contributed by atoms with E-state index in [4.69, 9.17) is 9.47 Å². The average Bonchev–Trinajstić information content (AvgIpc) is 2.69. The van der Waals surface area contributed by atoms with Crippen LogP contribution in [0.5, 0.6) is 0 Å². The second-order valence-corrected chi connectivity index (χ2v) is 7.62. The Morgan fingerprint density at radius 3 is 1.11 bits per heavy atom. The maximum Gasteiger partial charge on any atom is 0.331 e. The smallest absolute Gasteiger partial charge is 0.331 e. The third-order valence-corrected chi connectivity index (χ3v) is 4.84. The van der Waals surface area contributed by atoms with Gasteiger partial charge in [-0.05, 0) is 12.8 Å². The van der Waals surface area contributed by atoms with E-state index in [9.17, 15) is 9.59 Å². The molecule has 0 aromatic heterocycles. The monoisotopic (exact) mass is 396 g/mol. The summed E-state index contributed by atoms with van der Waals surface area (Å²) >= 11 is 0. The number of hydrogen-bond donors (Lipinski definition) is 0. The minimum Gasteiger partial charge on any atom is -0.463 e. The van der Waals surface area contributed by atoms with Crippen molar-refractivity contribution in [2.24, 2.45) is 0 Å². The van der Waals surface area contributed by atoms with Gasteiger partial charge in [0.2, 0.25) is 0 Å². The Morgan fingerprint density at radius 2 is 0.786 bits per heavy atom. The van der Waals surface area contributed by atoms with Crippen molar-refractivity contribution >= 4 is 11.9 Å². The SMILES string of the molecule is CCCCCCCCCCOC(=O)C=CC(=O)OCCCCCCCCCC. The van der Waals surface area contributed by atoms with Crippen molar-refractivity contribution in [3.05, 3.63) is 12.2 Å². The first-order valence-corrected chi connectivity index (χ1v) is 11.7. The van der Waals surface area contributed by atoms with E-state index in [0.717, 1.165) is 25.7 Å². The Kier molecular flexibility index (Phi) is 20.9. The van der Waals surface area contributed by atoms with E-state index in [-0.39, 0.29) is 0 Å². The highest BCUT2D eigenvalue weighted by Gasteiger charge is 2.01. The van der Waals surface area contributed by atoms with E-state index >= 15 is 0 Å². The third kappa shape index (κ3) is 21.0. The van der Waals surface area contributed by atoms with Crippen LogP contribution in [0.2, 0.25) is 0 Å². The maximum absolute atomic E-state index is 11.6. The average molecular weight is 397 g/mol. The first kappa shape index (κ1) is 26.7. The zero-order valence-electron chi connectivity index (χ0n) is 18.5. The number of hydrogen-bond acceptors (Lipinski definition) is 4. The lowest BCUT2D eigenvalue weighted by Crippen LogP contribution is -2.06. The molecule has 0 atom stereocenters. The van der Waals surface area contributed by atoms with Gasteiger partial charge in [-0.1, -0.05) is 104 Å². The van der Waals surface area contributed by atoms with Gasteiger partial charge >= 0.3 is 11.9 Å². The van der Waals surface area contributed by atoms with Crippen molar-refractivity contribution in [3.63, 3.8) is 0 Å². The highest BCUT2D eigenvalue weighted by molar-refractivity contribution is 5.91. The van der Waals surface area contributed by atoms with Gasteiger partial charge < -0.3 is 9.47 Å². The topological polar surface area (TPSA) is 52.6 Å². The molecular formula is C24H44O4. The van der Waals surface area contributed by atoms with E-state index in [1.54, 1.807) is 0 Å². The molecule has 0 N–H and O–H groups in total. The molecule has 0 aliphatic heterocycles. The molecule has 0 spiro atoms. The second-order valence-electron chi connectivity index (χ2n) is 7.62. The van der Waals surface area contributed by atoms with Gasteiger partial charge in [0.1, 0.15) is 0 Å². The van der Waals surface area contributed by atoms with Crippen LogP contribution < -0.4 is 0 Å². The van der Waals surface area contributed by atoms with Crippen molar-refractivity contribution in [2.45, 2.75) is 117 Å². The van der Waals surface area contributed by atoms with Gasteiger partial charge in [-0.15, -0.1) is 0 Å². The van der Waals surface area contributed by atoms with Gasteiger partial charge in [0.15, 0.2) is 0 Å². The van der Waals surface area contributed by atoms with Gasteiger partial charge in [0, 0.05) is 12.2 Å². The summed E-state index contributed by atoms with van der Waals surface area (Å²) in [5.41, 5.74) is 0. The molecule has 0 saturated carbocycles. The first-order chi connectivity index (χ1) is 13.7. The molecule has 4 nitrogen and oxygen atoms in total. The summed E-state index contributed by atoms with van der Waals surface area (Å²) in [5, 5.41) is 0. The van der Waals surface area contributed by atoms with Crippen molar-refractivity contribution in [3.8, 4) is 0 Å². The molecule has 0 rings (SSSR count). The van der Waals surface area contributed by atoms with Gasteiger partial charge in [0.25, 0.3) is 0 Å². The fraction of sp³-hybridized carbons (Fsp3) is 0.833. The van der Waals surface area contributed by atoms with Crippen molar-refractivity contribution < 1.29 is 19.1 Å². The molecule has 0 amide bonds. The van der Waals surface area contributed by atoms with Gasteiger partial charge in [-0.25, -0.2) is 9.59 Å². The van der Waals surface area contributed by atoms with Crippen molar-refractivity contribution in [2.75, 3.05) is 13.2 Å². The van der Waals surface area contributed by atoms with Crippen LogP contribution >= 0.6 is 0 Å². The molecule has 0 fully saturated rings. The molecule has 28 heavy (non-hydrogen) atoms. The lowest BCUT2D eigenvalue weighted by molar-refractivity contribution is -0.140. The van der Waals surface area contributed by atoms with E-state index in [1.807, 2.05) is 0 Å². The number of unbranched alkanes of at least 4 members (excludes halogenated alkanes) is 14. The molecule has 0 aliphatic rings. The van der Waals surface area contributed by atoms with Crippen LogP contribution in [0.3, 0.4) is 0 Å². The quantitative estimate of drug-likeness (QED) is 0.127. The summed E-state index contributed by atoms with van der Waals surface area (Å²) < 4.78 is 10.2. The second kappa shape index (κ2) is 22.0. The number of ether oxygens (including phenoxy) is 2. The highest BCUT2D eigenvalue weighted by atomic mass is 16.5. The Hall–Kier alpha value is -1.32. The molecule has 0 bridgehead atoms. The van der Waals surface area contributed by atoms with Crippen LogP contribution in [0.15, 0.2) is 12.2 Å². The zero-order chi connectivity index (χ0) is 20.7. The molecule has 0 radical (unpaired) electrons. The summed E-state index contributed by atoms with van der Waals surface area (Å²) in [6.07, 6.45) is 21.7. The maximum atomic E-state index is 11.6. The van der Waals surface area contributed by atoms with Crippen LogP contribution in [0.25, 0.3) is 0 Å². The summed E-state index contributed by atoms with van der Waals surface area (Å²) in [6.45, 7) is 5.29. The first-order valence-electron chi connectivity index (χ1n) is 11.7. The van der Waals surface area contributed by atoms with Crippen LogP contribution in [0, 0.1) is 0 Å². The number of carbonyl (C=O) groups excluding carboxylic acids is 2. The molecule has 4 heteroatoms. The molecule has 0 heterocycles. The lowest BCUT2D eigenvalue weighted by Gasteiger charge is -2.03. The molecule has 0 aromatic carbocycles. The van der Waals surface area contributed by atoms with Crippen LogP contribution in [0.1, 0.15) is 117 Å². The minimum absolute atomic E-state index is 0.422. The van der Waals surface area contributed by atoms with Crippen molar-refractivity contribution in [1.29, 1.82) is 0 Å². The van der Waals surface area contributed by atoms with Gasteiger partial charge in [-0.3, -0.25) is 0 Å². The predicted octanol–water partition coefficient (Wildman–Crippen LogP) is 6.91. The van der Waals surface area contributed by atoms with E-state index in [0.29, 0.717) is 13.2 Å². The summed E-state index contributed by atoms with van der Waals surface area (Å²) in [7, 11) is 0. The fourth-order valence-electron chi connectivity index (χ4n) is 3.05. The van der Waals surface area contributed by atoms with Crippen molar-refractivity contribution in [1.82, 2.24) is 0 Å². The number of rotatable bonds is 20. The Labute approximate surface area is 173 Å². The predicted molar refractivity (Wildman–Crippen MR) is 116 cm³/mol. The number of esters is 2. The normalized spacial score (nSPS) is 11.1. The lowest BCUT2D eigenvalue weighted by atomic mass is 10.1. The van der Waals surface area contributed by atoms with E-state index in [1.165, 1.54) is 89.2 Å². The van der Waals surface area contributed by atoms with Crippen LogP contribution in [0.4, 0.5) is 0 Å². The zero-order valence-corrected chi connectivity index (χ0v) is 18.5. The number of carbonyl (C=O) groups is 2. The Morgan fingerprint density at radius 1 is 0.500 bits per heavy atom. The molecule has 164 valence electrons. The van der Waals surface area contributed by atoms with Crippen LogP contribution in [-0.4, -0.2) is 25.2 Å². The standard InChI is InChI=1S/C24H44O4/c1-3-5-7-9-11-13-15-17-21-27-23(25)19-20-24(26)28-22-18-16-14-12-10-8-6-4-2/h19-20H,3-18,21-22H2,1-2H3. The van der Waals surface area contributed by atoms with E-state index < -0.39 is 11.9 Å². The molecule has 0 aromatic rings. The molecular weight excluding hydrogens is 352 g/mol. The Bertz CT molecular complexity index is 354. The van der Waals surface area contributed by atoms with Gasteiger partial charge in [0.05, 0.1) is 13.2 Å². The van der Waals surface area contributed by atoms with Crippen LogP contribution in [-0.2, 0) is 19.1 Å². The summed E-state index contributed by atoms with van der Waals surface area (Å²) in [6, 6.07) is 0. The van der Waals surface area contributed by atoms with E-state index in [2.05, 4.69) is 13.8 Å². The molecule has 0 aliphatic carbocycles.